The zero-order valence-electron chi connectivity index (χ0n) is 19.9. The standard InChI is InChI=1S/C28H28FN5O2/c29-21-15-17-23(18-16-21)34(26(35)19-33-25-14-8-7-13-24(25)31-32-33)27(20-9-3-1-4-10-20)28(36)30-22-11-5-2-6-12-22/h1,3-4,7-10,13-18,22,27H,2,5-6,11-12,19H2,(H,30,36). The molecule has 0 aliphatic heterocycles. The van der Waals surface area contributed by atoms with Crippen LogP contribution in [-0.2, 0) is 16.1 Å². The van der Waals surface area contributed by atoms with E-state index in [1.165, 1.54) is 40.3 Å². The van der Waals surface area contributed by atoms with Gasteiger partial charge in [-0.3, -0.25) is 14.5 Å². The van der Waals surface area contributed by atoms with Gasteiger partial charge in [0.1, 0.15) is 23.9 Å². The van der Waals surface area contributed by atoms with Crippen molar-refractivity contribution in [3.05, 3.63) is 90.2 Å². The molecule has 1 aliphatic rings. The number of hydrogen-bond acceptors (Lipinski definition) is 4. The predicted molar refractivity (Wildman–Crippen MR) is 136 cm³/mol. The molecule has 1 aliphatic carbocycles. The maximum absolute atomic E-state index is 13.9. The third kappa shape index (κ3) is 5.12. The lowest BCUT2D eigenvalue weighted by atomic mass is 9.94. The van der Waals surface area contributed by atoms with Gasteiger partial charge in [0.25, 0.3) is 0 Å². The van der Waals surface area contributed by atoms with Gasteiger partial charge in [-0.25, -0.2) is 9.07 Å². The van der Waals surface area contributed by atoms with E-state index >= 15 is 0 Å². The lowest BCUT2D eigenvalue weighted by molar-refractivity contribution is -0.127. The Balaban J connectivity index is 1.54. The molecule has 4 aromatic rings. The number of hydrogen-bond donors (Lipinski definition) is 1. The summed E-state index contributed by atoms with van der Waals surface area (Å²) in [5, 5.41) is 11.5. The fourth-order valence-electron chi connectivity index (χ4n) is 4.86. The Hall–Kier alpha value is -4.07. The van der Waals surface area contributed by atoms with Crippen molar-refractivity contribution < 1.29 is 14.0 Å². The number of rotatable bonds is 7. The minimum Gasteiger partial charge on any atom is -0.351 e. The molecule has 184 valence electrons. The number of halogens is 1. The van der Waals surface area contributed by atoms with Crippen molar-refractivity contribution >= 4 is 28.5 Å². The van der Waals surface area contributed by atoms with Crippen LogP contribution in [0.15, 0.2) is 78.9 Å². The molecule has 0 spiro atoms. The highest BCUT2D eigenvalue weighted by Crippen LogP contribution is 2.30. The van der Waals surface area contributed by atoms with E-state index in [2.05, 4.69) is 15.6 Å². The van der Waals surface area contributed by atoms with Gasteiger partial charge in [0.2, 0.25) is 11.8 Å². The van der Waals surface area contributed by atoms with Gasteiger partial charge in [-0.05, 0) is 54.8 Å². The van der Waals surface area contributed by atoms with E-state index in [9.17, 15) is 14.0 Å². The molecule has 0 radical (unpaired) electrons. The average molecular weight is 486 g/mol. The Bertz CT molecular complexity index is 1330. The predicted octanol–water partition coefficient (Wildman–Crippen LogP) is 4.79. The Morgan fingerprint density at radius 1 is 0.944 bits per heavy atom. The van der Waals surface area contributed by atoms with Gasteiger partial charge < -0.3 is 5.32 Å². The molecule has 0 saturated heterocycles. The van der Waals surface area contributed by atoms with Crippen LogP contribution < -0.4 is 10.2 Å². The van der Waals surface area contributed by atoms with Gasteiger partial charge in [-0.2, -0.15) is 0 Å². The van der Waals surface area contributed by atoms with Crippen LogP contribution in [0.1, 0.15) is 43.7 Å². The molecular weight excluding hydrogens is 457 g/mol. The first-order valence-corrected chi connectivity index (χ1v) is 12.3. The number of amides is 2. The molecule has 5 rings (SSSR count). The summed E-state index contributed by atoms with van der Waals surface area (Å²) in [6.45, 7) is -0.127. The molecule has 1 atom stereocenters. The quantitative estimate of drug-likeness (QED) is 0.408. The maximum atomic E-state index is 13.9. The Labute approximate surface area is 208 Å². The number of nitrogens with zero attached hydrogens (tertiary/aromatic N) is 4. The highest BCUT2D eigenvalue weighted by Gasteiger charge is 2.34. The third-order valence-corrected chi connectivity index (χ3v) is 6.65. The molecule has 1 heterocycles. The fraction of sp³-hybridized carbons (Fsp3) is 0.286. The highest BCUT2D eigenvalue weighted by molar-refractivity contribution is 6.01. The van der Waals surface area contributed by atoms with Crippen molar-refractivity contribution in [1.82, 2.24) is 20.3 Å². The van der Waals surface area contributed by atoms with E-state index in [-0.39, 0.29) is 24.4 Å². The normalized spacial score (nSPS) is 14.9. The topological polar surface area (TPSA) is 80.1 Å². The first-order valence-electron chi connectivity index (χ1n) is 12.3. The van der Waals surface area contributed by atoms with Crippen LogP contribution >= 0.6 is 0 Å². The zero-order chi connectivity index (χ0) is 24.9. The van der Waals surface area contributed by atoms with E-state index in [4.69, 9.17) is 0 Å². The third-order valence-electron chi connectivity index (χ3n) is 6.65. The van der Waals surface area contributed by atoms with E-state index in [0.717, 1.165) is 25.7 Å². The molecule has 1 aromatic heterocycles. The molecule has 1 N–H and O–H groups in total. The van der Waals surface area contributed by atoms with Crippen molar-refractivity contribution in [2.75, 3.05) is 4.90 Å². The summed E-state index contributed by atoms with van der Waals surface area (Å²) in [6, 6.07) is 21.4. The van der Waals surface area contributed by atoms with Crippen LogP contribution in [0.5, 0.6) is 0 Å². The van der Waals surface area contributed by atoms with Crippen LogP contribution in [0.4, 0.5) is 10.1 Å². The minimum absolute atomic E-state index is 0.0712. The van der Waals surface area contributed by atoms with E-state index < -0.39 is 11.9 Å². The molecule has 7 nitrogen and oxygen atoms in total. The molecule has 36 heavy (non-hydrogen) atoms. The van der Waals surface area contributed by atoms with Crippen LogP contribution in [-0.4, -0.2) is 32.9 Å². The molecule has 3 aromatic carbocycles. The fourth-order valence-corrected chi connectivity index (χ4v) is 4.86. The van der Waals surface area contributed by atoms with Crippen LogP contribution in [0, 0.1) is 5.82 Å². The first kappa shape index (κ1) is 23.7. The molecule has 8 heteroatoms. The first-order chi connectivity index (χ1) is 17.6. The molecule has 1 saturated carbocycles. The molecular formula is C28H28FN5O2. The lowest BCUT2D eigenvalue weighted by Gasteiger charge is -2.33. The van der Waals surface area contributed by atoms with Crippen molar-refractivity contribution in [1.29, 1.82) is 0 Å². The maximum Gasteiger partial charge on any atom is 0.249 e. The SMILES string of the molecule is O=C(NC1CCCCC1)C(c1ccccc1)N(C(=O)Cn1nnc2ccccc21)c1ccc(F)cc1. The summed E-state index contributed by atoms with van der Waals surface area (Å²) in [7, 11) is 0. The summed E-state index contributed by atoms with van der Waals surface area (Å²) < 4.78 is 15.3. The summed E-state index contributed by atoms with van der Waals surface area (Å²) in [4.78, 5) is 29.2. The zero-order valence-corrected chi connectivity index (χ0v) is 19.9. The Morgan fingerprint density at radius 2 is 1.64 bits per heavy atom. The molecule has 0 bridgehead atoms. The van der Waals surface area contributed by atoms with Crippen LogP contribution in [0.3, 0.4) is 0 Å². The average Bonchev–Trinajstić information content (AvgIpc) is 3.31. The van der Waals surface area contributed by atoms with Crippen molar-refractivity contribution in [3.8, 4) is 0 Å². The second-order valence-corrected chi connectivity index (χ2v) is 9.13. The van der Waals surface area contributed by atoms with Gasteiger partial charge in [0.05, 0.1) is 5.52 Å². The molecule has 1 unspecified atom stereocenters. The van der Waals surface area contributed by atoms with E-state index in [1.54, 1.807) is 0 Å². The number of para-hydroxylation sites is 1. The monoisotopic (exact) mass is 485 g/mol. The number of carbonyl (C=O) groups excluding carboxylic acids is 2. The number of aromatic nitrogens is 3. The van der Waals surface area contributed by atoms with Crippen molar-refractivity contribution in [2.24, 2.45) is 0 Å². The van der Waals surface area contributed by atoms with Gasteiger partial charge >= 0.3 is 0 Å². The van der Waals surface area contributed by atoms with Crippen LogP contribution in [0.2, 0.25) is 0 Å². The minimum atomic E-state index is -0.930. The van der Waals surface area contributed by atoms with Gasteiger partial charge in [0.15, 0.2) is 0 Å². The second-order valence-electron chi connectivity index (χ2n) is 9.13. The number of fused-ring (bicyclic) bond motifs is 1. The smallest absolute Gasteiger partial charge is 0.249 e. The van der Waals surface area contributed by atoms with E-state index in [1.807, 2.05) is 54.6 Å². The number of anilines is 1. The number of benzene rings is 3. The van der Waals surface area contributed by atoms with E-state index in [0.29, 0.717) is 22.3 Å². The number of nitrogens with one attached hydrogen (secondary N) is 1. The summed E-state index contributed by atoms with van der Waals surface area (Å²) in [5.74, 6) is -1.03. The van der Waals surface area contributed by atoms with Gasteiger partial charge in [0, 0.05) is 11.7 Å². The van der Waals surface area contributed by atoms with Gasteiger partial charge in [-0.1, -0.05) is 66.9 Å². The summed E-state index contributed by atoms with van der Waals surface area (Å²) in [5.41, 5.74) is 2.49. The Kier molecular flexibility index (Phi) is 7.02. The summed E-state index contributed by atoms with van der Waals surface area (Å²) in [6.07, 6.45) is 5.15. The largest absolute Gasteiger partial charge is 0.351 e. The highest BCUT2D eigenvalue weighted by atomic mass is 19.1. The van der Waals surface area contributed by atoms with Crippen molar-refractivity contribution in [2.45, 2.75) is 50.7 Å². The number of carbonyl (C=O) groups is 2. The van der Waals surface area contributed by atoms with Crippen molar-refractivity contribution in [3.63, 3.8) is 0 Å². The molecule has 1 fully saturated rings. The Morgan fingerprint density at radius 3 is 2.39 bits per heavy atom. The van der Waals surface area contributed by atoms with Crippen LogP contribution in [0.25, 0.3) is 11.0 Å². The second kappa shape index (κ2) is 10.7. The summed E-state index contributed by atoms with van der Waals surface area (Å²) >= 11 is 0. The molecule has 2 amide bonds. The van der Waals surface area contributed by atoms with Gasteiger partial charge in [-0.15, -0.1) is 5.10 Å². The lowest BCUT2D eigenvalue weighted by Crippen LogP contribution is -2.48.